The second-order valence-corrected chi connectivity index (χ2v) is 9.20. The molecule has 4 heterocycles. The summed E-state index contributed by atoms with van der Waals surface area (Å²) in [5, 5.41) is 8.17. The molecule has 210 valence electrons. The second-order valence-electron chi connectivity index (χ2n) is 9.20. The summed E-state index contributed by atoms with van der Waals surface area (Å²) < 4.78 is 39.3. The van der Waals surface area contributed by atoms with Crippen LogP contribution in [0.1, 0.15) is 41.8 Å². The monoisotopic (exact) mass is 557 g/mol. The van der Waals surface area contributed by atoms with Crippen LogP contribution in [0.15, 0.2) is 53.7 Å². The normalized spacial score (nSPS) is 13.6. The van der Waals surface area contributed by atoms with E-state index in [1.54, 1.807) is 24.0 Å². The van der Waals surface area contributed by atoms with Crippen molar-refractivity contribution in [1.29, 1.82) is 0 Å². The molecule has 0 spiro atoms. The fraction of sp³-hybridized carbons (Fsp3) is 0.296. The number of nitrogens with zero attached hydrogens (tertiary/aromatic N) is 3. The van der Waals surface area contributed by atoms with Gasteiger partial charge in [-0.25, -0.2) is 14.8 Å². The SMILES string of the molecule is CC[C@@H](OC(=O)[C@@H](N)Cc1c[nH]cn1)c1cc2n(c(=O)c1C)Cc1cc3ccccc3nc1-2.O=C(O)C(F)(F)F. The third kappa shape index (κ3) is 5.88. The Morgan fingerprint density at radius 3 is 2.58 bits per heavy atom. The molecule has 1 aliphatic rings. The third-order valence-corrected chi connectivity index (χ3v) is 6.46. The van der Waals surface area contributed by atoms with Crippen LogP contribution in [0.5, 0.6) is 0 Å². The number of halogens is 3. The van der Waals surface area contributed by atoms with Crippen LogP contribution in [0.2, 0.25) is 0 Å². The fourth-order valence-corrected chi connectivity index (χ4v) is 4.43. The van der Waals surface area contributed by atoms with Gasteiger partial charge in [-0.2, -0.15) is 13.2 Å². The molecule has 1 aromatic carbocycles. The summed E-state index contributed by atoms with van der Waals surface area (Å²) in [6, 6.07) is 11.1. The zero-order valence-electron chi connectivity index (χ0n) is 21.5. The van der Waals surface area contributed by atoms with Crippen LogP contribution in [-0.4, -0.2) is 48.8 Å². The van der Waals surface area contributed by atoms with E-state index in [1.807, 2.05) is 37.3 Å². The van der Waals surface area contributed by atoms with Gasteiger partial charge in [0.25, 0.3) is 5.56 Å². The quantitative estimate of drug-likeness (QED) is 0.268. The van der Waals surface area contributed by atoms with Crippen LogP contribution in [0.4, 0.5) is 13.2 Å². The van der Waals surface area contributed by atoms with Crippen molar-refractivity contribution in [2.45, 2.75) is 51.6 Å². The number of alkyl halides is 3. The van der Waals surface area contributed by atoms with E-state index in [4.69, 9.17) is 25.4 Å². The molecule has 40 heavy (non-hydrogen) atoms. The first-order valence-corrected chi connectivity index (χ1v) is 12.3. The molecule has 0 bridgehead atoms. The number of esters is 1. The first-order chi connectivity index (χ1) is 18.9. The number of hydrogen-bond acceptors (Lipinski definition) is 7. The summed E-state index contributed by atoms with van der Waals surface area (Å²) in [6.07, 6.45) is -1.63. The summed E-state index contributed by atoms with van der Waals surface area (Å²) in [4.78, 5) is 46.6. The number of para-hydroxylation sites is 1. The number of carboxylic acid groups (broad SMARTS) is 1. The minimum Gasteiger partial charge on any atom is -0.475 e. The van der Waals surface area contributed by atoms with Crippen LogP contribution in [-0.2, 0) is 27.3 Å². The number of rotatable bonds is 6. The van der Waals surface area contributed by atoms with Crippen molar-refractivity contribution >= 4 is 22.8 Å². The average Bonchev–Trinajstić information content (AvgIpc) is 3.55. The number of ether oxygens (including phenoxy) is 1. The summed E-state index contributed by atoms with van der Waals surface area (Å²) in [5.74, 6) is -3.28. The van der Waals surface area contributed by atoms with Gasteiger partial charge >= 0.3 is 18.1 Å². The smallest absolute Gasteiger partial charge is 0.475 e. The van der Waals surface area contributed by atoms with Crippen LogP contribution in [0.3, 0.4) is 0 Å². The van der Waals surface area contributed by atoms with Crippen molar-refractivity contribution in [3.8, 4) is 11.4 Å². The first-order valence-electron chi connectivity index (χ1n) is 12.3. The van der Waals surface area contributed by atoms with Gasteiger partial charge in [0.1, 0.15) is 12.1 Å². The number of nitrogens with one attached hydrogen (secondary N) is 1. The number of hydrogen-bond donors (Lipinski definition) is 3. The van der Waals surface area contributed by atoms with Crippen LogP contribution in [0, 0.1) is 6.92 Å². The van der Waals surface area contributed by atoms with E-state index in [0.717, 1.165) is 27.9 Å². The van der Waals surface area contributed by atoms with Crippen molar-refractivity contribution in [3.05, 3.63) is 81.7 Å². The van der Waals surface area contributed by atoms with Gasteiger partial charge < -0.3 is 25.1 Å². The summed E-state index contributed by atoms with van der Waals surface area (Å²) >= 11 is 0. The molecule has 0 fully saturated rings. The minimum atomic E-state index is -5.08. The van der Waals surface area contributed by atoms with E-state index in [-0.39, 0.29) is 12.0 Å². The molecule has 0 aliphatic carbocycles. The van der Waals surface area contributed by atoms with E-state index < -0.39 is 30.3 Å². The number of H-pyrrole nitrogens is 1. The summed E-state index contributed by atoms with van der Waals surface area (Å²) in [6.45, 7) is 4.17. The highest BCUT2D eigenvalue weighted by Crippen LogP contribution is 2.34. The lowest BCUT2D eigenvalue weighted by atomic mass is 10.0. The lowest BCUT2D eigenvalue weighted by Gasteiger charge is -2.21. The predicted octanol–water partition coefficient (Wildman–Crippen LogP) is 3.65. The van der Waals surface area contributed by atoms with E-state index in [0.29, 0.717) is 29.8 Å². The molecule has 0 radical (unpaired) electrons. The number of imidazole rings is 1. The number of aromatic amines is 1. The Balaban J connectivity index is 0.000000470. The Bertz CT molecular complexity index is 1620. The van der Waals surface area contributed by atoms with Crippen molar-refractivity contribution in [2.75, 3.05) is 0 Å². The Kier molecular flexibility index (Phi) is 8.05. The molecule has 0 amide bonds. The number of pyridine rings is 2. The number of carbonyl (C=O) groups is 2. The lowest BCUT2D eigenvalue weighted by molar-refractivity contribution is -0.192. The van der Waals surface area contributed by atoms with Gasteiger partial charge in [0.05, 0.1) is 35.5 Å². The maximum absolute atomic E-state index is 13.3. The molecule has 10 nitrogen and oxygen atoms in total. The molecule has 1 aliphatic heterocycles. The fourth-order valence-electron chi connectivity index (χ4n) is 4.43. The van der Waals surface area contributed by atoms with Crippen molar-refractivity contribution in [1.82, 2.24) is 19.5 Å². The summed E-state index contributed by atoms with van der Waals surface area (Å²) in [5.41, 5.74) is 11.3. The standard InChI is InChI=1S/C25H25N5O3.C2HF3O2/c1-3-22(33-25(32)19(26)9-17-11-27-13-28-17)18-10-21-23-16(12-30(21)24(31)14(18)2)8-15-6-4-5-7-20(15)29-23;3-2(4,5)1(6)7/h4-8,10-11,13,19,22H,3,9,12,26H2,1-2H3,(H,27,28);(H,6,7)/t19-,22+;/m0./s1. The topological polar surface area (TPSA) is 153 Å². The number of carbonyl (C=O) groups excluding carboxylic acids is 1. The highest BCUT2D eigenvalue weighted by molar-refractivity contribution is 5.84. The molecule has 4 N–H and O–H groups in total. The zero-order valence-corrected chi connectivity index (χ0v) is 21.5. The highest BCUT2D eigenvalue weighted by Gasteiger charge is 2.38. The number of nitrogens with two attached hydrogens (primary N) is 1. The van der Waals surface area contributed by atoms with E-state index in [9.17, 15) is 22.8 Å². The predicted molar refractivity (Wildman–Crippen MR) is 138 cm³/mol. The Morgan fingerprint density at radius 1 is 1.25 bits per heavy atom. The first kappa shape index (κ1) is 28.5. The highest BCUT2D eigenvalue weighted by atomic mass is 19.4. The third-order valence-electron chi connectivity index (χ3n) is 6.46. The van der Waals surface area contributed by atoms with Gasteiger partial charge in [0.15, 0.2) is 0 Å². The van der Waals surface area contributed by atoms with Gasteiger partial charge in [-0.15, -0.1) is 0 Å². The van der Waals surface area contributed by atoms with Crippen molar-refractivity contribution in [3.63, 3.8) is 0 Å². The zero-order chi connectivity index (χ0) is 29.2. The minimum absolute atomic E-state index is 0.0973. The maximum Gasteiger partial charge on any atom is 0.490 e. The molecular formula is C27H26F3N5O5. The lowest BCUT2D eigenvalue weighted by Crippen LogP contribution is -2.35. The average molecular weight is 558 g/mol. The Morgan fingerprint density at radius 2 is 1.95 bits per heavy atom. The molecular weight excluding hydrogens is 531 g/mol. The molecule has 4 aromatic rings. The van der Waals surface area contributed by atoms with E-state index in [1.165, 1.54) is 0 Å². The number of benzene rings is 1. The second kappa shape index (κ2) is 11.3. The molecule has 2 atom stereocenters. The van der Waals surface area contributed by atoms with Gasteiger partial charge in [0, 0.05) is 34.7 Å². The molecule has 5 rings (SSSR count). The van der Waals surface area contributed by atoms with E-state index >= 15 is 0 Å². The molecule has 0 saturated carbocycles. The number of carboxylic acids is 1. The van der Waals surface area contributed by atoms with Crippen LogP contribution >= 0.6 is 0 Å². The van der Waals surface area contributed by atoms with Gasteiger partial charge in [-0.1, -0.05) is 25.1 Å². The van der Waals surface area contributed by atoms with Crippen LogP contribution < -0.4 is 11.3 Å². The number of aliphatic carboxylic acids is 1. The van der Waals surface area contributed by atoms with E-state index in [2.05, 4.69) is 16.0 Å². The number of aromatic nitrogens is 4. The summed E-state index contributed by atoms with van der Waals surface area (Å²) in [7, 11) is 0. The van der Waals surface area contributed by atoms with Crippen molar-refractivity contribution in [2.24, 2.45) is 5.73 Å². The number of fused-ring (bicyclic) bond motifs is 4. The molecule has 0 saturated heterocycles. The maximum atomic E-state index is 13.3. The van der Waals surface area contributed by atoms with Gasteiger partial charge in [-0.05, 0) is 31.5 Å². The largest absolute Gasteiger partial charge is 0.490 e. The van der Waals surface area contributed by atoms with Crippen molar-refractivity contribution < 1.29 is 32.6 Å². The molecule has 13 heteroatoms. The Hall–Kier alpha value is -4.52. The van der Waals surface area contributed by atoms with Crippen LogP contribution in [0.25, 0.3) is 22.3 Å². The Labute approximate surface area is 225 Å². The van der Waals surface area contributed by atoms with Gasteiger partial charge in [0.2, 0.25) is 0 Å². The molecule has 0 unspecified atom stereocenters. The molecule has 3 aromatic heterocycles. The van der Waals surface area contributed by atoms with Gasteiger partial charge in [-0.3, -0.25) is 9.59 Å².